The van der Waals surface area contributed by atoms with Crippen molar-refractivity contribution in [2.24, 2.45) is 0 Å². The highest BCUT2D eigenvalue weighted by Gasteiger charge is 2.17. The van der Waals surface area contributed by atoms with Gasteiger partial charge in [0.1, 0.15) is 18.0 Å². The SMILES string of the molecule is O=c1c2c(-c3ccc(F)cc3)n3ncnc3nc2ccn1Cc1cccc(F)c1. The van der Waals surface area contributed by atoms with Crippen LogP contribution in [0.3, 0.4) is 0 Å². The molecule has 0 fully saturated rings. The van der Waals surface area contributed by atoms with Gasteiger partial charge in [-0.15, -0.1) is 0 Å². The van der Waals surface area contributed by atoms with Crippen molar-refractivity contribution >= 4 is 16.7 Å². The third kappa shape index (κ3) is 2.94. The number of rotatable bonds is 3. The zero-order chi connectivity index (χ0) is 20.0. The van der Waals surface area contributed by atoms with Crippen molar-refractivity contribution in [2.45, 2.75) is 6.54 Å². The first-order valence-electron chi connectivity index (χ1n) is 8.83. The molecule has 0 N–H and O–H groups in total. The second-order valence-corrected chi connectivity index (χ2v) is 6.58. The molecule has 0 aliphatic heterocycles. The Morgan fingerprint density at radius 2 is 1.79 bits per heavy atom. The Balaban J connectivity index is 1.79. The van der Waals surface area contributed by atoms with E-state index in [-0.39, 0.29) is 23.7 Å². The third-order valence-corrected chi connectivity index (χ3v) is 4.70. The van der Waals surface area contributed by atoms with E-state index in [1.54, 1.807) is 36.5 Å². The third-order valence-electron chi connectivity index (χ3n) is 4.70. The first kappa shape index (κ1) is 17.2. The molecule has 5 aromatic rings. The molecule has 0 radical (unpaired) electrons. The van der Waals surface area contributed by atoms with E-state index >= 15 is 0 Å². The summed E-state index contributed by atoms with van der Waals surface area (Å²) < 4.78 is 29.9. The Labute approximate surface area is 162 Å². The van der Waals surface area contributed by atoms with Crippen molar-refractivity contribution in [3.63, 3.8) is 0 Å². The van der Waals surface area contributed by atoms with Crippen LogP contribution in [0.5, 0.6) is 0 Å². The quantitative estimate of drug-likeness (QED) is 0.474. The monoisotopic (exact) mass is 389 g/mol. The molecule has 0 spiro atoms. The Morgan fingerprint density at radius 1 is 0.966 bits per heavy atom. The van der Waals surface area contributed by atoms with Crippen LogP contribution < -0.4 is 5.56 Å². The van der Waals surface area contributed by atoms with Gasteiger partial charge < -0.3 is 4.57 Å². The van der Waals surface area contributed by atoms with Crippen molar-refractivity contribution in [3.05, 3.63) is 94.7 Å². The van der Waals surface area contributed by atoms with Gasteiger partial charge in [-0.05, 0) is 48.0 Å². The fourth-order valence-electron chi connectivity index (χ4n) is 3.39. The minimum atomic E-state index is -0.384. The molecule has 0 amide bonds. The van der Waals surface area contributed by atoms with Gasteiger partial charge >= 0.3 is 0 Å². The summed E-state index contributed by atoms with van der Waals surface area (Å²) in [6.45, 7) is 0.199. The molecule has 3 aromatic heterocycles. The van der Waals surface area contributed by atoms with Gasteiger partial charge in [0.05, 0.1) is 23.1 Å². The van der Waals surface area contributed by atoms with Gasteiger partial charge in [-0.2, -0.15) is 14.6 Å². The molecule has 5 rings (SSSR count). The number of benzene rings is 2. The summed E-state index contributed by atoms with van der Waals surface area (Å²) in [6.07, 6.45) is 2.96. The summed E-state index contributed by atoms with van der Waals surface area (Å²) >= 11 is 0. The van der Waals surface area contributed by atoms with Crippen molar-refractivity contribution in [3.8, 4) is 11.3 Å². The van der Waals surface area contributed by atoms with Gasteiger partial charge in [-0.1, -0.05) is 12.1 Å². The van der Waals surface area contributed by atoms with Crippen LogP contribution in [0.1, 0.15) is 5.56 Å². The minimum Gasteiger partial charge on any atom is -0.310 e. The second kappa shape index (κ2) is 6.59. The molecular formula is C21H13F2N5O. The second-order valence-electron chi connectivity index (χ2n) is 6.58. The molecule has 3 heterocycles. The summed E-state index contributed by atoms with van der Waals surface area (Å²) in [5.74, 6) is -0.418. The number of pyridine rings is 1. The molecule has 0 aliphatic rings. The number of aromatic nitrogens is 5. The van der Waals surface area contributed by atoms with Crippen LogP contribution in [0.15, 0.2) is 71.9 Å². The fraction of sp³-hybridized carbons (Fsp3) is 0.0476. The van der Waals surface area contributed by atoms with Gasteiger partial charge in [0.15, 0.2) is 0 Å². The molecule has 0 saturated carbocycles. The Kier molecular flexibility index (Phi) is 3.90. The lowest BCUT2D eigenvalue weighted by atomic mass is 10.1. The number of hydrogen-bond donors (Lipinski definition) is 0. The molecule has 29 heavy (non-hydrogen) atoms. The lowest BCUT2D eigenvalue weighted by Gasteiger charge is -2.11. The Morgan fingerprint density at radius 3 is 2.59 bits per heavy atom. The first-order chi connectivity index (χ1) is 14.1. The number of fused-ring (bicyclic) bond motifs is 2. The molecule has 0 saturated heterocycles. The Hall–Kier alpha value is -3.94. The summed E-state index contributed by atoms with van der Waals surface area (Å²) in [4.78, 5) is 21.9. The normalized spacial score (nSPS) is 11.4. The van der Waals surface area contributed by atoms with Crippen LogP contribution in [0.4, 0.5) is 8.78 Å². The lowest BCUT2D eigenvalue weighted by Crippen LogP contribution is -2.22. The number of hydrogen-bond acceptors (Lipinski definition) is 4. The van der Waals surface area contributed by atoms with Crippen LogP contribution in [-0.2, 0) is 6.54 Å². The van der Waals surface area contributed by atoms with E-state index < -0.39 is 0 Å². The van der Waals surface area contributed by atoms with E-state index in [0.717, 1.165) is 0 Å². The average Bonchev–Trinajstić information content (AvgIpc) is 3.18. The summed E-state index contributed by atoms with van der Waals surface area (Å²) in [5, 5.41) is 4.51. The molecule has 0 bridgehead atoms. The van der Waals surface area contributed by atoms with Crippen LogP contribution in [-0.4, -0.2) is 24.1 Å². The standard InChI is InChI=1S/C21H13F2N5O/c22-15-6-4-14(5-7-15)19-18-17(26-21-24-12-25-28(19)21)8-9-27(20(18)29)11-13-2-1-3-16(23)10-13/h1-10,12H,11H2. The maximum Gasteiger partial charge on any atom is 0.262 e. The van der Waals surface area contributed by atoms with Gasteiger partial charge in [0.2, 0.25) is 0 Å². The highest BCUT2D eigenvalue weighted by molar-refractivity contribution is 5.93. The molecule has 0 aliphatic carbocycles. The highest BCUT2D eigenvalue weighted by Crippen LogP contribution is 2.26. The number of halogens is 2. The largest absolute Gasteiger partial charge is 0.310 e. The summed E-state index contributed by atoms with van der Waals surface area (Å²) in [7, 11) is 0. The van der Waals surface area contributed by atoms with E-state index in [9.17, 15) is 13.6 Å². The van der Waals surface area contributed by atoms with Crippen LogP contribution in [0.25, 0.3) is 27.9 Å². The average molecular weight is 389 g/mol. The van der Waals surface area contributed by atoms with E-state index in [1.807, 2.05) is 0 Å². The smallest absolute Gasteiger partial charge is 0.262 e. The van der Waals surface area contributed by atoms with Crippen LogP contribution in [0.2, 0.25) is 0 Å². The molecule has 0 atom stereocenters. The van der Waals surface area contributed by atoms with E-state index in [4.69, 9.17) is 0 Å². The maximum atomic E-state index is 13.5. The Bertz CT molecular complexity index is 1420. The maximum absolute atomic E-state index is 13.5. The predicted octanol–water partition coefficient (Wildman–Crippen LogP) is 3.43. The molecule has 2 aromatic carbocycles. The summed E-state index contributed by atoms with van der Waals surface area (Å²) in [6, 6.07) is 13.6. The van der Waals surface area contributed by atoms with E-state index in [1.165, 1.54) is 39.7 Å². The first-order valence-corrected chi connectivity index (χ1v) is 8.83. The summed E-state index contributed by atoms with van der Waals surface area (Å²) in [5.41, 5.74) is 1.88. The molecule has 0 unspecified atom stereocenters. The van der Waals surface area contributed by atoms with E-state index in [0.29, 0.717) is 33.5 Å². The highest BCUT2D eigenvalue weighted by atomic mass is 19.1. The molecule has 6 nitrogen and oxygen atoms in total. The topological polar surface area (TPSA) is 65.1 Å². The zero-order valence-corrected chi connectivity index (χ0v) is 15.0. The zero-order valence-electron chi connectivity index (χ0n) is 15.0. The van der Waals surface area contributed by atoms with Gasteiger partial charge in [-0.3, -0.25) is 4.79 Å². The van der Waals surface area contributed by atoms with E-state index in [2.05, 4.69) is 15.1 Å². The number of nitrogens with zero attached hydrogens (tertiary/aromatic N) is 5. The molecular weight excluding hydrogens is 376 g/mol. The molecule has 8 heteroatoms. The van der Waals surface area contributed by atoms with Crippen molar-refractivity contribution in [1.29, 1.82) is 0 Å². The van der Waals surface area contributed by atoms with Crippen molar-refractivity contribution in [2.75, 3.05) is 0 Å². The van der Waals surface area contributed by atoms with Crippen molar-refractivity contribution in [1.82, 2.24) is 24.1 Å². The lowest BCUT2D eigenvalue weighted by molar-refractivity contribution is 0.623. The predicted molar refractivity (Wildman–Crippen MR) is 103 cm³/mol. The van der Waals surface area contributed by atoms with Crippen molar-refractivity contribution < 1.29 is 8.78 Å². The van der Waals surface area contributed by atoms with Gasteiger partial charge in [-0.25, -0.2) is 13.8 Å². The molecule has 142 valence electrons. The van der Waals surface area contributed by atoms with Gasteiger partial charge in [0, 0.05) is 11.8 Å². The van der Waals surface area contributed by atoms with Crippen LogP contribution >= 0.6 is 0 Å². The fourth-order valence-corrected chi connectivity index (χ4v) is 3.39. The minimum absolute atomic E-state index is 0.199. The van der Waals surface area contributed by atoms with Gasteiger partial charge in [0.25, 0.3) is 11.3 Å². The van der Waals surface area contributed by atoms with Crippen LogP contribution in [0, 0.1) is 11.6 Å².